The predicted molar refractivity (Wildman–Crippen MR) is 70.6 cm³/mol. The van der Waals surface area contributed by atoms with Gasteiger partial charge in [0.2, 0.25) is 0 Å². The van der Waals surface area contributed by atoms with Crippen LogP contribution in [0.15, 0.2) is 0 Å². The molecule has 2 fully saturated rings. The van der Waals surface area contributed by atoms with E-state index >= 15 is 0 Å². The molecule has 0 saturated heterocycles. The Bertz CT molecular complexity index is 184. The van der Waals surface area contributed by atoms with E-state index in [-0.39, 0.29) is 0 Å². The first-order chi connectivity index (χ1) is 7.88. The lowest BCUT2D eigenvalue weighted by molar-refractivity contribution is 0.255. The van der Waals surface area contributed by atoms with Gasteiger partial charge < -0.3 is 5.32 Å². The Kier molecular flexibility index (Phi) is 5.15. The molecule has 2 atom stereocenters. The Balaban J connectivity index is 1.64. The van der Waals surface area contributed by atoms with E-state index in [1.165, 1.54) is 70.8 Å². The summed E-state index contributed by atoms with van der Waals surface area (Å²) in [6.45, 7) is 3.66. The Morgan fingerprint density at radius 2 is 1.62 bits per heavy atom. The fraction of sp³-hybridized carbons (Fsp3) is 1.00. The minimum Gasteiger partial charge on any atom is -0.314 e. The third-order valence-electron chi connectivity index (χ3n) is 4.78. The molecule has 16 heavy (non-hydrogen) atoms. The van der Waals surface area contributed by atoms with Crippen molar-refractivity contribution in [2.24, 2.45) is 11.8 Å². The zero-order valence-electron chi connectivity index (χ0n) is 11.0. The molecule has 0 aromatic carbocycles. The molecule has 1 heteroatoms. The van der Waals surface area contributed by atoms with E-state index in [1.807, 2.05) is 0 Å². The summed E-state index contributed by atoms with van der Waals surface area (Å²) in [5, 5.41) is 3.86. The summed E-state index contributed by atoms with van der Waals surface area (Å²) in [6, 6.07) is 0.848. The zero-order chi connectivity index (χ0) is 11.2. The maximum Gasteiger partial charge on any atom is 0.00698 e. The van der Waals surface area contributed by atoms with Crippen molar-refractivity contribution >= 4 is 0 Å². The van der Waals surface area contributed by atoms with Crippen molar-refractivity contribution in [1.82, 2.24) is 5.32 Å². The van der Waals surface area contributed by atoms with E-state index < -0.39 is 0 Å². The van der Waals surface area contributed by atoms with Crippen molar-refractivity contribution in [3.05, 3.63) is 0 Å². The molecule has 0 aliphatic heterocycles. The van der Waals surface area contributed by atoms with E-state index in [1.54, 1.807) is 0 Å². The summed E-state index contributed by atoms with van der Waals surface area (Å²) in [5.74, 6) is 2.01. The maximum atomic E-state index is 3.86. The molecule has 2 aliphatic carbocycles. The highest BCUT2D eigenvalue weighted by molar-refractivity contribution is 4.79. The molecule has 2 rings (SSSR count). The first-order valence-electron chi connectivity index (χ1n) is 7.62. The van der Waals surface area contributed by atoms with Crippen molar-refractivity contribution < 1.29 is 0 Å². The lowest BCUT2D eigenvalue weighted by Crippen LogP contribution is -2.37. The Hall–Kier alpha value is -0.0400. The molecule has 0 aromatic rings. The van der Waals surface area contributed by atoms with Crippen LogP contribution in [-0.2, 0) is 0 Å². The van der Waals surface area contributed by atoms with E-state index in [0.717, 1.165) is 17.9 Å². The van der Waals surface area contributed by atoms with Gasteiger partial charge in [0.1, 0.15) is 0 Å². The van der Waals surface area contributed by atoms with Gasteiger partial charge in [-0.3, -0.25) is 0 Å². The molecular weight excluding hydrogens is 194 g/mol. The summed E-state index contributed by atoms with van der Waals surface area (Å²) in [5.41, 5.74) is 0. The van der Waals surface area contributed by atoms with E-state index in [0.29, 0.717) is 0 Å². The van der Waals surface area contributed by atoms with Gasteiger partial charge in [0, 0.05) is 6.04 Å². The van der Waals surface area contributed by atoms with Gasteiger partial charge >= 0.3 is 0 Å². The lowest BCUT2D eigenvalue weighted by Gasteiger charge is -2.31. The smallest absolute Gasteiger partial charge is 0.00698 e. The summed E-state index contributed by atoms with van der Waals surface area (Å²) in [7, 11) is 0. The average molecular weight is 223 g/mol. The normalized spacial score (nSPS) is 32.8. The second-order valence-electron chi connectivity index (χ2n) is 6.05. The minimum absolute atomic E-state index is 0.848. The molecule has 2 aliphatic rings. The number of hydrogen-bond acceptors (Lipinski definition) is 1. The molecular formula is C15H29N. The molecule has 0 aromatic heterocycles. The van der Waals surface area contributed by atoms with E-state index in [2.05, 4.69) is 12.2 Å². The largest absolute Gasteiger partial charge is 0.314 e. The van der Waals surface area contributed by atoms with E-state index in [9.17, 15) is 0 Å². The van der Waals surface area contributed by atoms with Gasteiger partial charge in [0.15, 0.2) is 0 Å². The zero-order valence-corrected chi connectivity index (χ0v) is 11.0. The summed E-state index contributed by atoms with van der Waals surface area (Å²) >= 11 is 0. The van der Waals surface area contributed by atoms with Gasteiger partial charge in [-0.15, -0.1) is 0 Å². The van der Waals surface area contributed by atoms with Crippen molar-refractivity contribution in [2.75, 3.05) is 6.54 Å². The maximum absolute atomic E-state index is 3.86. The number of rotatable bonds is 4. The third kappa shape index (κ3) is 3.76. The SMILES string of the molecule is CCC1CCCC(NCC2CCCCC2)C1. The van der Waals surface area contributed by atoms with Crippen LogP contribution in [0.2, 0.25) is 0 Å². The molecule has 2 unspecified atom stereocenters. The van der Waals surface area contributed by atoms with Crippen molar-refractivity contribution in [3.8, 4) is 0 Å². The molecule has 0 spiro atoms. The van der Waals surface area contributed by atoms with Gasteiger partial charge in [0.25, 0.3) is 0 Å². The highest BCUT2D eigenvalue weighted by Crippen LogP contribution is 2.27. The molecule has 1 N–H and O–H groups in total. The highest BCUT2D eigenvalue weighted by atomic mass is 14.9. The van der Waals surface area contributed by atoms with Crippen LogP contribution in [0.3, 0.4) is 0 Å². The van der Waals surface area contributed by atoms with Crippen LogP contribution < -0.4 is 5.32 Å². The molecule has 0 radical (unpaired) electrons. The van der Waals surface area contributed by atoms with E-state index in [4.69, 9.17) is 0 Å². The van der Waals surface area contributed by atoms with Crippen LogP contribution in [0.1, 0.15) is 71.1 Å². The lowest BCUT2D eigenvalue weighted by atomic mass is 9.83. The van der Waals surface area contributed by atoms with Crippen LogP contribution >= 0.6 is 0 Å². The Labute approximate surface area is 101 Å². The third-order valence-corrected chi connectivity index (χ3v) is 4.78. The van der Waals surface area contributed by atoms with Gasteiger partial charge in [-0.05, 0) is 44.1 Å². The van der Waals surface area contributed by atoms with Gasteiger partial charge in [0.05, 0.1) is 0 Å². The van der Waals surface area contributed by atoms with Gasteiger partial charge in [-0.1, -0.05) is 45.4 Å². The molecule has 0 amide bonds. The van der Waals surface area contributed by atoms with Crippen LogP contribution in [0.4, 0.5) is 0 Å². The van der Waals surface area contributed by atoms with Crippen molar-refractivity contribution in [2.45, 2.75) is 77.2 Å². The van der Waals surface area contributed by atoms with Crippen LogP contribution in [0.5, 0.6) is 0 Å². The quantitative estimate of drug-likeness (QED) is 0.756. The minimum atomic E-state index is 0.848. The van der Waals surface area contributed by atoms with Crippen molar-refractivity contribution in [1.29, 1.82) is 0 Å². The standard InChI is InChI=1S/C15H29N/c1-2-13-9-6-10-15(11-13)16-12-14-7-4-3-5-8-14/h13-16H,2-12H2,1H3. The fourth-order valence-corrected chi connectivity index (χ4v) is 3.57. The van der Waals surface area contributed by atoms with Crippen LogP contribution in [0.25, 0.3) is 0 Å². The molecule has 1 nitrogen and oxygen atoms in total. The molecule has 94 valence electrons. The Morgan fingerprint density at radius 3 is 2.38 bits per heavy atom. The molecule has 0 heterocycles. The monoisotopic (exact) mass is 223 g/mol. The van der Waals surface area contributed by atoms with Gasteiger partial charge in [-0.2, -0.15) is 0 Å². The summed E-state index contributed by atoms with van der Waals surface area (Å²) in [4.78, 5) is 0. The fourth-order valence-electron chi connectivity index (χ4n) is 3.57. The van der Waals surface area contributed by atoms with Crippen LogP contribution in [-0.4, -0.2) is 12.6 Å². The Morgan fingerprint density at radius 1 is 0.875 bits per heavy atom. The second-order valence-corrected chi connectivity index (χ2v) is 6.05. The summed E-state index contributed by atoms with van der Waals surface area (Å²) < 4.78 is 0. The topological polar surface area (TPSA) is 12.0 Å². The van der Waals surface area contributed by atoms with Crippen molar-refractivity contribution in [3.63, 3.8) is 0 Å². The van der Waals surface area contributed by atoms with Crippen LogP contribution in [0, 0.1) is 11.8 Å². The first kappa shape index (κ1) is 12.4. The summed E-state index contributed by atoms with van der Waals surface area (Å²) in [6.07, 6.45) is 14.6. The van der Waals surface area contributed by atoms with Gasteiger partial charge in [-0.25, -0.2) is 0 Å². The molecule has 2 saturated carbocycles. The highest BCUT2D eigenvalue weighted by Gasteiger charge is 2.21. The molecule has 0 bridgehead atoms. The predicted octanol–water partition coefficient (Wildman–Crippen LogP) is 4.13. The second kappa shape index (κ2) is 6.64. The number of hydrogen-bond donors (Lipinski definition) is 1. The first-order valence-corrected chi connectivity index (χ1v) is 7.62. The number of nitrogens with one attached hydrogen (secondary N) is 1. The average Bonchev–Trinajstić information content (AvgIpc) is 2.38.